The molecule has 1 aromatic heterocycles. The Morgan fingerprint density at radius 3 is 2.83 bits per heavy atom. The first-order valence-corrected chi connectivity index (χ1v) is 8.95. The van der Waals surface area contributed by atoms with E-state index in [-0.39, 0.29) is 0 Å². The molecule has 0 unspecified atom stereocenters. The second kappa shape index (κ2) is 7.51. The van der Waals surface area contributed by atoms with Gasteiger partial charge in [-0.15, -0.1) is 6.58 Å². The van der Waals surface area contributed by atoms with Crippen molar-refractivity contribution in [2.24, 2.45) is 0 Å². The van der Waals surface area contributed by atoms with E-state index >= 15 is 0 Å². The van der Waals surface area contributed by atoms with Gasteiger partial charge in [-0.1, -0.05) is 23.7 Å². The lowest BCUT2D eigenvalue weighted by molar-refractivity contribution is -0.924. The summed E-state index contributed by atoms with van der Waals surface area (Å²) in [7, 11) is 0. The van der Waals surface area contributed by atoms with Crippen LogP contribution < -0.4 is 9.80 Å². The van der Waals surface area contributed by atoms with E-state index < -0.39 is 0 Å². The summed E-state index contributed by atoms with van der Waals surface area (Å²) in [6, 6.07) is 6.10. The van der Waals surface area contributed by atoms with E-state index in [0.717, 1.165) is 42.6 Å². The zero-order chi connectivity index (χ0) is 17.1. The Labute approximate surface area is 152 Å². The lowest BCUT2D eigenvalue weighted by atomic mass is 10.1. The van der Waals surface area contributed by atoms with Crippen molar-refractivity contribution < 1.29 is 4.90 Å². The molecular formula is C17H23ClN5S+. The average molecular weight is 365 g/mol. The summed E-state index contributed by atoms with van der Waals surface area (Å²) in [5.74, 6) is 0. The van der Waals surface area contributed by atoms with Crippen LogP contribution in [0.15, 0.2) is 37.2 Å². The number of anilines is 1. The van der Waals surface area contributed by atoms with Gasteiger partial charge in [0.05, 0.1) is 26.2 Å². The molecule has 1 saturated heterocycles. The molecule has 0 saturated carbocycles. The van der Waals surface area contributed by atoms with Crippen molar-refractivity contribution in [1.29, 1.82) is 0 Å². The van der Waals surface area contributed by atoms with Crippen molar-refractivity contribution in [3.63, 3.8) is 0 Å². The van der Waals surface area contributed by atoms with Gasteiger partial charge in [-0.25, -0.2) is 0 Å². The van der Waals surface area contributed by atoms with Crippen LogP contribution in [0.4, 0.5) is 5.69 Å². The van der Waals surface area contributed by atoms with Gasteiger partial charge in [-0.05, 0) is 36.8 Å². The summed E-state index contributed by atoms with van der Waals surface area (Å²) in [5, 5.41) is 5.20. The predicted molar refractivity (Wildman–Crippen MR) is 100 cm³/mol. The molecule has 0 spiro atoms. The number of allylic oxidation sites excluding steroid dienone is 1. The number of aryl methyl sites for hydroxylation is 1. The van der Waals surface area contributed by atoms with Crippen LogP contribution in [-0.2, 0) is 13.2 Å². The van der Waals surface area contributed by atoms with Crippen molar-refractivity contribution in [3.8, 4) is 0 Å². The van der Waals surface area contributed by atoms with Crippen molar-refractivity contribution in [2.75, 3.05) is 31.1 Å². The SMILES string of the molecule is C=CCn1cnn(C[NH+]2CCN(c3cc(Cl)ccc3C)CC2)c1=S. The van der Waals surface area contributed by atoms with Crippen LogP contribution in [0.1, 0.15) is 5.56 Å². The molecular weight excluding hydrogens is 342 g/mol. The molecule has 7 heteroatoms. The van der Waals surface area contributed by atoms with Crippen LogP contribution in [-0.4, -0.2) is 40.5 Å². The van der Waals surface area contributed by atoms with Crippen molar-refractivity contribution >= 4 is 29.5 Å². The molecule has 1 aliphatic rings. The van der Waals surface area contributed by atoms with Crippen LogP contribution in [0.2, 0.25) is 5.02 Å². The zero-order valence-electron chi connectivity index (χ0n) is 13.9. The van der Waals surface area contributed by atoms with Crippen molar-refractivity contribution in [1.82, 2.24) is 14.3 Å². The van der Waals surface area contributed by atoms with Gasteiger partial charge in [0.2, 0.25) is 4.77 Å². The molecule has 0 radical (unpaired) electrons. The maximum atomic E-state index is 6.15. The Morgan fingerprint density at radius 2 is 2.12 bits per heavy atom. The normalized spacial score (nSPS) is 15.7. The first-order valence-electron chi connectivity index (χ1n) is 8.16. The van der Waals surface area contributed by atoms with E-state index in [1.807, 2.05) is 21.4 Å². The van der Waals surface area contributed by atoms with Crippen molar-refractivity contribution in [3.05, 3.63) is 52.5 Å². The summed E-state index contributed by atoms with van der Waals surface area (Å²) in [6.07, 6.45) is 3.62. The summed E-state index contributed by atoms with van der Waals surface area (Å²) in [4.78, 5) is 3.91. The monoisotopic (exact) mass is 364 g/mol. The Bertz CT molecular complexity index is 774. The molecule has 1 N–H and O–H groups in total. The first-order chi connectivity index (χ1) is 11.6. The Balaban J connectivity index is 1.62. The number of aromatic nitrogens is 3. The summed E-state index contributed by atoms with van der Waals surface area (Å²) >= 11 is 11.6. The number of hydrogen-bond acceptors (Lipinski definition) is 3. The second-order valence-electron chi connectivity index (χ2n) is 6.18. The highest BCUT2D eigenvalue weighted by atomic mass is 35.5. The molecule has 3 rings (SSSR count). The summed E-state index contributed by atoms with van der Waals surface area (Å²) in [6.45, 7) is 11.5. The van der Waals surface area contributed by atoms with E-state index in [9.17, 15) is 0 Å². The van der Waals surface area contributed by atoms with Gasteiger partial charge in [0.1, 0.15) is 6.33 Å². The number of hydrogen-bond donors (Lipinski definition) is 1. The molecule has 0 aliphatic carbocycles. The largest absolute Gasteiger partial charge is 0.360 e. The van der Waals surface area contributed by atoms with Crippen LogP contribution in [0, 0.1) is 11.7 Å². The molecule has 1 fully saturated rings. The highest BCUT2D eigenvalue weighted by Crippen LogP contribution is 2.24. The zero-order valence-corrected chi connectivity index (χ0v) is 15.5. The Kier molecular flexibility index (Phi) is 5.38. The van der Waals surface area contributed by atoms with Crippen LogP contribution in [0.5, 0.6) is 0 Å². The van der Waals surface area contributed by atoms with Gasteiger partial charge in [-0.2, -0.15) is 9.78 Å². The lowest BCUT2D eigenvalue weighted by Crippen LogP contribution is -3.14. The number of benzene rings is 1. The van der Waals surface area contributed by atoms with E-state index in [2.05, 4.69) is 35.6 Å². The van der Waals surface area contributed by atoms with E-state index in [1.165, 1.54) is 16.2 Å². The highest BCUT2D eigenvalue weighted by molar-refractivity contribution is 7.71. The second-order valence-corrected chi connectivity index (χ2v) is 6.98. The topological polar surface area (TPSA) is 30.4 Å². The maximum Gasteiger partial charge on any atom is 0.202 e. The van der Waals surface area contributed by atoms with Gasteiger partial charge < -0.3 is 14.4 Å². The fraction of sp³-hybridized carbons (Fsp3) is 0.412. The fourth-order valence-corrected chi connectivity index (χ4v) is 3.50. The quantitative estimate of drug-likeness (QED) is 0.649. The minimum atomic E-state index is 0.704. The van der Waals surface area contributed by atoms with Gasteiger partial charge in [0.25, 0.3) is 0 Å². The molecule has 24 heavy (non-hydrogen) atoms. The Hall–Kier alpha value is -1.63. The van der Waals surface area contributed by atoms with Gasteiger partial charge in [0, 0.05) is 17.3 Å². The predicted octanol–water partition coefficient (Wildman–Crippen LogP) is 1.92. The number of halogens is 1. The molecule has 128 valence electrons. The minimum Gasteiger partial charge on any atom is -0.360 e. The molecule has 0 atom stereocenters. The van der Waals surface area contributed by atoms with E-state index in [4.69, 9.17) is 23.8 Å². The summed E-state index contributed by atoms with van der Waals surface area (Å²) in [5.41, 5.74) is 2.52. The fourth-order valence-electron chi connectivity index (χ4n) is 3.10. The van der Waals surface area contributed by atoms with Gasteiger partial charge >= 0.3 is 0 Å². The van der Waals surface area contributed by atoms with Crippen LogP contribution in [0.3, 0.4) is 0 Å². The number of rotatable bonds is 5. The maximum absolute atomic E-state index is 6.15. The smallest absolute Gasteiger partial charge is 0.202 e. The minimum absolute atomic E-state index is 0.704. The molecule has 1 aromatic carbocycles. The Morgan fingerprint density at radius 1 is 1.38 bits per heavy atom. The summed E-state index contributed by atoms with van der Waals surface area (Å²) < 4.78 is 4.61. The molecule has 0 bridgehead atoms. The molecule has 2 aromatic rings. The molecule has 5 nitrogen and oxygen atoms in total. The van der Waals surface area contributed by atoms with E-state index in [1.54, 1.807) is 6.33 Å². The van der Waals surface area contributed by atoms with Crippen LogP contribution in [0.25, 0.3) is 0 Å². The standard InChI is InChI=1S/C17H22ClN5S/c1-3-6-22-12-19-23(17(22)24)13-20-7-9-21(10-8-20)16-11-15(18)5-4-14(16)2/h3-5,11-12H,1,6-10,13H2,2H3/p+1. The third kappa shape index (κ3) is 3.71. The number of nitrogens with zero attached hydrogens (tertiary/aromatic N) is 4. The first kappa shape index (κ1) is 17.2. The number of quaternary nitrogens is 1. The third-order valence-electron chi connectivity index (χ3n) is 4.48. The highest BCUT2D eigenvalue weighted by Gasteiger charge is 2.22. The number of nitrogens with one attached hydrogen (secondary N) is 1. The molecule has 1 aliphatic heterocycles. The van der Waals surface area contributed by atoms with Crippen molar-refractivity contribution in [2.45, 2.75) is 20.1 Å². The van der Waals surface area contributed by atoms with Gasteiger partial charge in [-0.3, -0.25) is 0 Å². The average Bonchev–Trinajstić information content (AvgIpc) is 2.92. The number of piperazine rings is 1. The van der Waals surface area contributed by atoms with Crippen LogP contribution >= 0.6 is 23.8 Å². The lowest BCUT2D eigenvalue weighted by Gasteiger charge is -2.34. The molecule has 2 heterocycles. The molecule has 0 amide bonds. The third-order valence-corrected chi connectivity index (χ3v) is 5.16. The van der Waals surface area contributed by atoms with Gasteiger partial charge in [0.15, 0.2) is 6.67 Å². The van der Waals surface area contributed by atoms with E-state index in [0.29, 0.717) is 6.54 Å².